The summed E-state index contributed by atoms with van der Waals surface area (Å²) < 4.78 is 16.7. The van der Waals surface area contributed by atoms with Gasteiger partial charge in [0.05, 0.1) is 17.7 Å². The third-order valence-corrected chi connectivity index (χ3v) is 7.18. The fraction of sp³-hybridized carbons (Fsp3) is 0.324. The van der Waals surface area contributed by atoms with Gasteiger partial charge in [0.15, 0.2) is 11.9 Å². The predicted octanol–water partition coefficient (Wildman–Crippen LogP) is 7.02. The molecule has 214 valence electrons. The van der Waals surface area contributed by atoms with Gasteiger partial charge in [-0.2, -0.15) is 0 Å². The van der Waals surface area contributed by atoms with E-state index in [2.05, 4.69) is 10.5 Å². The molecule has 0 bridgehead atoms. The van der Waals surface area contributed by atoms with E-state index in [1.807, 2.05) is 107 Å². The Labute approximate surface area is 241 Å². The van der Waals surface area contributed by atoms with E-state index >= 15 is 0 Å². The zero-order valence-corrected chi connectivity index (χ0v) is 24.4. The van der Waals surface area contributed by atoms with Crippen LogP contribution in [0.4, 0.5) is 0 Å². The molecule has 1 heterocycles. The van der Waals surface area contributed by atoms with Crippen molar-refractivity contribution < 1.29 is 23.6 Å². The number of hydrogen-bond acceptors (Lipinski definition) is 6. The van der Waals surface area contributed by atoms with Crippen LogP contribution in [0.5, 0.6) is 5.75 Å². The number of aromatic nitrogens is 1. The van der Waals surface area contributed by atoms with E-state index < -0.39 is 11.5 Å². The highest BCUT2D eigenvalue weighted by molar-refractivity contribution is 5.87. The molecule has 41 heavy (non-hydrogen) atoms. The van der Waals surface area contributed by atoms with Crippen molar-refractivity contribution in [2.24, 2.45) is 0 Å². The summed E-state index contributed by atoms with van der Waals surface area (Å²) in [6, 6.07) is 25.4. The molecular weight excluding hydrogens is 516 g/mol. The lowest BCUT2D eigenvalue weighted by atomic mass is 9.93. The van der Waals surface area contributed by atoms with Crippen LogP contribution >= 0.6 is 0 Å². The molecule has 0 saturated heterocycles. The largest absolute Gasteiger partial charge is 0.481 e. The smallest absolute Gasteiger partial charge is 0.316 e. The lowest BCUT2D eigenvalue weighted by molar-refractivity contribution is -0.146. The fourth-order valence-corrected chi connectivity index (χ4v) is 4.70. The Morgan fingerprint density at radius 3 is 2.10 bits per heavy atom. The summed E-state index contributed by atoms with van der Waals surface area (Å²) in [4.78, 5) is 25.1. The van der Waals surface area contributed by atoms with Crippen LogP contribution in [0.1, 0.15) is 57.4 Å². The monoisotopic (exact) mass is 554 g/mol. The average Bonchev–Trinajstić information content (AvgIpc) is 3.75. The number of benzene rings is 3. The first kappa shape index (κ1) is 29.6. The van der Waals surface area contributed by atoms with Crippen molar-refractivity contribution in [2.45, 2.75) is 65.5 Å². The molecule has 1 fully saturated rings. The van der Waals surface area contributed by atoms with E-state index in [9.17, 15) is 9.59 Å². The minimum absolute atomic E-state index is 0.130. The van der Waals surface area contributed by atoms with Gasteiger partial charge in [-0.25, -0.2) is 0 Å². The van der Waals surface area contributed by atoms with Crippen LogP contribution in [0.15, 0.2) is 83.4 Å². The molecule has 1 unspecified atom stereocenters. The van der Waals surface area contributed by atoms with E-state index in [0.29, 0.717) is 18.1 Å². The molecule has 7 heteroatoms. The summed E-state index contributed by atoms with van der Waals surface area (Å²) in [5.74, 6) is 0.911. The van der Waals surface area contributed by atoms with Crippen LogP contribution in [-0.4, -0.2) is 29.7 Å². The van der Waals surface area contributed by atoms with E-state index in [1.165, 1.54) is 0 Å². The van der Waals surface area contributed by atoms with E-state index in [4.69, 9.17) is 14.0 Å². The number of nitrogens with one attached hydrogen (secondary N) is 1. The van der Waals surface area contributed by atoms with Crippen LogP contribution in [0.3, 0.4) is 0 Å². The number of amides is 1. The van der Waals surface area contributed by atoms with Gasteiger partial charge in [0.1, 0.15) is 5.75 Å². The molecule has 1 amide bonds. The lowest BCUT2D eigenvalue weighted by Gasteiger charge is -2.15. The first-order chi connectivity index (χ1) is 19.9. The molecule has 1 atom stereocenters. The number of hydrogen-bond donors (Lipinski definition) is 1. The second-order valence-electron chi connectivity index (χ2n) is 9.82. The number of rotatable bonds is 10. The molecule has 0 spiro atoms. The van der Waals surface area contributed by atoms with Gasteiger partial charge in [0.25, 0.3) is 5.91 Å². The second-order valence-corrected chi connectivity index (χ2v) is 9.82. The van der Waals surface area contributed by atoms with Crippen molar-refractivity contribution in [3.63, 3.8) is 0 Å². The molecule has 5 rings (SSSR count). The maximum Gasteiger partial charge on any atom is 0.316 e. The Hall–Kier alpha value is -4.39. The highest BCUT2D eigenvalue weighted by Crippen LogP contribution is 2.49. The number of ether oxygens (including phenoxy) is 2. The molecule has 1 N–H and O–H groups in total. The van der Waals surface area contributed by atoms with Gasteiger partial charge in [-0.3, -0.25) is 9.59 Å². The predicted molar refractivity (Wildman–Crippen MR) is 159 cm³/mol. The molecule has 4 aromatic rings. The summed E-state index contributed by atoms with van der Waals surface area (Å²) >= 11 is 0. The molecular formula is C34H38N2O5. The number of aryl methyl sites for hydroxylation is 1. The normalized spacial score (nSPS) is 13.8. The first-order valence-electron chi connectivity index (χ1n) is 14.2. The quantitative estimate of drug-likeness (QED) is 0.212. The van der Waals surface area contributed by atoms with Crippen molar-refractivity contribution in [3.05, 3.63) is 95.7 Å². The zero-order valence-electron chi connectivity index (χ0n) is 24.4. The van der Waals surface area contributed by atoms with E-state index in [-0.39, 0.29) is 18.4 Å². The van der Waals surface area contributed by atoms with Gasteiger partial charge in [-0.05, 0) is 62.4 Å². The SMILES string of the molecule is CC.CCOC(=O)C1(c2ccc(-c3ccc(-c4onc(C)c4CNC(=O)C(C)Oc4ccccc4)cc3)cc2)CC1. The topological polar surface area (TPSA) is 90.7 Å². The van der Waals surface area contributed by atoms with Crippen LogP contribution < -0.4 is 10.1 Å². The summed E-state index contributed by atoms with van der Waals surface area (Å²) in [7, 11) is 0. The molecule has 1 saturated carbocycles. The first-order valence-corrected chi connectivity index (χ1v) is 14.2. The maximum atomic E-state index is 12.7. The van der Waals surface area contributed by atoms with Gasteiger partial charge in [0.2, 0.25) is 0 Å². The lowest BCUT2D eigenvalue weighted by Crippen LogP contribution is -2.36. The summed E-state index contributed by atoms with van der Waals surface area (Å²) in [6.07, 6.45) is 1.02. The second kappa shape index (κ2) is 13.3. The van der Waals surface area contributed by atoms with Crippen molar-refractivity contribution in [1.82, 2.24) is 10.5 Å². The molecule has 3 aromatic carbocycles. The van der Waals surface area contributed by atoms with Crippen molar-refractivity contribution >= 4 is 11.9 Å². The minimum Gasteiger partial charge on any atom is -0.481 e. The molecule has 0 aliphatic heterocycles. The van der Waals surface area contributed by atoms with Crippen LogP contribution in [0.25, 0.3) is 22.5 Å². The highest BCUT2D eigenvalue weighted by atomic mass is 16.5. The minimum atomic E-state index is -0.645. The molecule has 1 aromatic heterocycles. The average molecular weight is 555 g/mol. The summed E-state index contributed by atoms with van der Waals surface area (Å²) in [5.41, 5.74) is 5.04. The molecule has 0 radical (unpaired) electrons. The maximum absolute atomic E-state index is 12.7. The highest BCUT2D eigenvalue weighted by Gasteiger charge is 2.52. The summed E-state index contributed by atoms with van der Waals surface area (Å²) in [5, 5.41) is 7.07. The number of nitrogens with zero attached hydrogens (tertiary/aromatic N) is 1. The third kappa shape index (κ3) is 6.68. The van der Waals surface area contributed by atoms with Gasteiger partial charge >= 0.3 is 5.97 Å². The van der Waals surface area contributed by atoms with Gasteiger partial charge in [-0.1, -0.05) is 85.7 Å². The van der Waals surface area contributed by atoms with Crippen LogP contribution in [0, 0.1) is 6.92 Å². The van der Waals surface area contributed by atoms with Crippen molar-refractivity contribution in [2.75, 3.05) is 6.61 Å². The number of para-hydroxylation sites is 1. The van der Waals surface area contributed by atoms with Gasteiger partial charge in [0, 0.05) is 17.7 Å². The molecule has 1 aliphatic carbocycles. The van der Waals surface area contributed by atoms with E-state index in [0.717, 1.165) is 46.4 Å². The number of carbonyl (C=O) groups is 2. The zero-order chi connectivity index (χ0) is 29.4. The molecule has 1 aliphatic rings. The Morgan fingerprint density at radius 2 is 1.51 bits per heavy atom. The molecule has 7 nitrogen and oxygen atoms in total. The third-order valence-electron chi connectivity index (χ3n) is 7.18. The van der Waals surface area contributed by atoms with Crippen molar-refractivity contribution in [3.8, 4) is 28.2 Å². The Balaban J connectivity index is 0.00000189. The van der Waals surface area contributed by atoms with Crippen LogP contribution in [0.2, 0.25) is 0 Å². The van der Waals surface area contributed by atoms with Gasteiger partial charge in [-0.15, -0.1) is 0 Å². The summed E-state index contributed by atoms with van der Waals surface area (Å²) in [6.45, 7) is 10.1. The Bertz CT molecular complexity index is 1440. The van der Waals surface area contributed by atoms with Crippen molar-refractivity contribution in [1.29, 1.82) is 0 Å². The standard InChI is InChI=1S/C32H32N2O5.C2H6/c1-4-37-31(36)32(18-19-32)26-16-14-24(15-17-26)23-10-12-25(13-11-23)29-28(21(2)34-39-29)20-33-30(35)22(3)38-27-8-6-5-7-9-27;1-2/h5-17,22H,4,18-20H2,1-3H3,(H,33,35);1-2H3. The fourth-order valence-electron chi connectivity index (χ4n) is 4.70. The Morgan fingerprint density at radius 1 is 0.927 bits per heavy atom. The van der Waals surface area contributed by atoms with E-state index in [1.54, 1.807) is 6.92 Å². The number of carbonyl (C=O) groups excluding carboxylic acids is 2. The number of esters is 1. The van der Waals surface area contributed by atoms with Gasteiger partial charge < -0.3 is 19.3 Å². The van der Waals surface area contributed by atoms with Crippen LogP contribution in [-0.2, 0) is 26.3 Å². The Kier molecular flexibility index (Phi) is 9.61.